The zero-order valence-electron chi connectivity index (χ0n) is 4.31. The Bertz CT molecular complexity index is 130. The Balaban J connectivity index is 3.85. The Morgan fingerprint density at radius 2 is 1.90 bits per heavy atom. The van der Waals surface area contributed by atoms with Crippen LogP contribution in [0.4, 0.5) is 22.4 Å². The lowest BCUT2D eigenvalue weighted by atomic mass is 10.7. The topological polar surface area (TPSA) is 49.4 Å². The Morgan fingerprint density at radius 1 is 1.50 bits per heavy atom. The number of alkyl halides is 4. The van der Waals surface area contributed by atoms with E-state index in [0.29, 0.717) is 0 Å². The molecule has 0 aromatic rings. The molecule has 0 N–H and O–H groups in total. The fourth-order valence-electron chi connectivity index (χ4n) is 0.151. The number of ether oxygens (including phenoxy) is 1. The number of carbonyl (C=O) groups is 1. The second-order valence-corrected chi connectivity index (χ2v) is 1.23. The van der Waals surface area contributed by atoms with E-state index in [4.69, 9.17) is 0 Å². The molecule has 60 valence electrons. The van der Waals surface area contributed by atoms with Crippen LogP contribution in [0.3, 0.4) is 0 Å². The molecule has 0 aliphatic heterocycles. The molecule has 0 bridgehead atoms. The smallest absolute Gasteiger partial charge is 0.438 e. The normalized spacial score (nSPS) is 14.4. The zero-order chi connectivity index (χ0) is 8.36. The summed E-state index contributed by atoms with van der Waals surface area (Å²) in [5.74, 6) is 0. The highest BCUT2D eigenvalue weighted by molar-refractivity contribution is 5.54. The second-order valence-electron chi connectivity index (χ2n) is 1.23. The summed E-state index contributed by atoms with van der Waals surface area (Å²) < 4.78 is 47.1. The highest BCUT2D eigenvalue weighted by atomic mass is 19.4. The van der Waals surface area contributed by atoms with Crippen LogP contribution in [0, 0.1) is 0 Å². The molecule has 0 rings (SSSR count). The van der Waals surface area contributed by atoms with Gasteiger partial charge in [0.05, 0.1) is 0 Å². The molecule has 0 heterocycles. The van der Waals surface area contributed by atoms with E-state index in [9.17, 15) is 27.5 Å². The van der Waals surface area contributed by atoms with Crippen LogP contribution in [-0.4, -0.2) is 18.7 Å². The standard InChI is InChI=1S/C3H2F4O3/c4-1(3(5,6)7)10-2(8)9/h1H,(H,8,9)/p-1. The summed E-state index contributed by atoms with van der Waals surface area (Å²) >= 11 is 0. The van der Waals surface area contributed by atoms with E-state index in [2.05, 4.69) is 4.74 Å². The second kappa shape index (κ2) is 2.72. The number of halogens is 4. The van der Waals surface area contributed by atoms with Crippen LogP contribution in [-0.2, 0) is 4.74 Å². The first-order valence-electron chi connectivity index (χ1n) is 1.92. The first kappa shape index (κ1) is 8.99. The maximum Gasteiger partial charge on any atom is 0.438 e. The highest BCUT2D eigenvalue weighted by Crippen LogP contribution is 2.23. The van der Waals surface area contributed by atoms with Crippen molar-refractivity contribution >= 4 is 6.16 Å². The van der Waals surface area contributed by atoms with E-state index in [1.54, 1.807) is 0 Å². The van der Waals surface area contributed by atoms with Crippen molar-refractivity contribution in [2.45, 2.75) is 12.5 Å². The first-order valence-corrected chi connectivity index (χ1v) is 1.92. The zero-order valence-corrected chi connectivity index (χ0v) is 4.31. The van der Waals surface area contributed by atoms with Gasteiger partial charge >= 0.3 is 6.18 Å². The Kier molecular flexibility index (Phi) is 2.44. The van der Waals surface area contributed by atoms with Gasteiger partial charge in [-0.25, -0.2) is 4.39 Å². The average molecular weight is 161 g/mol. The lowest BCUT2D eigenvalue weighted by Crippen LogP contribution is -2.35. The molecule has 0 radical (unpaired) electrons. The number of hydrogen-bond acceptors (Lipinski definition) is 3. The summed E-state index contributed by atoms with van der Waals surface area (Å²) in [5.41, 5.74) is 0. The number of rotatable bonds is 1. The molecule has 1 atom stereocenters. The van der Waals surface area contributed by atoms with E-state index in [1.165, 1.54) is 0 Å². The van der Waals surface area contributed by atoms with Crippen molar-refractivity contribution in [3.63, 3.8) is 0 Å². The quantitative estimate of drug-likeness (QED) is 0.407. The lowest BCUT2D eigenvalue weighted by Gasteiger charge is -2.16. The van der Waals surface area contributed by atoms with Crippen molar-refractivity contribution in [1.29, 1.82) is 0 Å². The summed E-state index contributed by atoms with van der Waals surface area (Å²) in [5, 5.41) is 9.18. The van der Waals surface area contributed by atoms with Crippen molar-refractivity contribution in [2.24, 2.45) is 0 Å². The van der Waals surface area contributed by atoms with Crippen molar-refractivity contribution in [3.8, 4) is 0 Å². The summed E-state index contributed by atoms with van der Waals surface area (Å²) in [6, 6.07) is 0. The first-order chi connectivity index (χ1) is 4.34. The maximum atomic E-state index is 11.4. The molecule has 0 aliphatic carbocycles. The van der Waals surface area contributed by atoms with Crippen LogP contribution in [0.15, 0.2) is 0 Å². The van der Waals surface area contributed by atoms with Crippen molar-refractivity contribution in [2.75, 3.05) is 0 Å². The third-order valence-corrected chi connectivity index (χ3v) is 0.457. The molecule has 0 fully saturated rings. The van der Waals surface area contributed by atoms with Crippen molar-refractivity contribution in [1.82, 2.24) is 0 Å². The van der Waals surface area contributed by atoms with Crippen LogP contribution in [0.25, 0.3) is 0 Å². The van der Waals surface area contributed by atoms with Gasteiger partial charge in [-0.3, -0.25) is 0 Å². The van der Waals surface area contributed by atoms with Crippen LogP contribution >= 0.6 is 0 Å². The molecule has 10 heavy (non-hydrogen) atoms. The van der Waals surface area contributed by atoms with Gasteiger partial charge in [0.2, 0.25) is 0 Å². The predicted molar refractivity (Wildman–Crippen MR) is 17.4 cm³/mol. The minimum Gasteiger partial charge on any atom is -0.509 e. The lowest BCUT2D eigenvalue weighted by molar-refractivity contribution is -0.323. The monoisotopic (exact) mass is 161 g/mol. The van der Waals surface area contributed by atoms with E-state index in [1.807, 2.05) is 0 Å². The molecule has 0 aromatic carbocycles. The Morgan fingerprint density at radius 3 is 2.00 bits per heavy atom. The maximum absolute atomic E-state index is 11.4. The van der Waals surface area contributed by atoms with Crippen LogP contribution in [0.2, 0.25) is 0 Å². The van der Waals surface area contributed by atoms with Gasteiger partial charge in [-0.1, -0.05) is 0 Å². The molecular weight excluding hydrogens is 160 g/mol. The molecule has 0 spiro atoms. The molecule has 3 nitrogen and oxygen atoms in total. The predicted octanol–water partition coefficient (Wildman–Crippen LogP) is 0.204. The van der Waals surface area contributed by atoms with Gasteiger partial charge in [0.25, 0.3) is 12.5 Å². The van der Waals surface area contributed by atoms with Crippen molar-refractivity contribution in [3.05, 3.63) is 0 Å². The van der Waals surface area contributed by atoms with E-state index < -0.39 is 18.7 Å². The minimum atomic E-state index is -5.32. The van der Waals surface area contributed by atoms with Gasteiger partial charge in [-0.15, -0.1) is 0 Å². The third kappa shape index (κ3) is 3.10. The van der Waals surface area contributed by atoms with E-state index in [-0.39, 0.29) is 0 Å². The van der Waals surface area contributed by atoms with E-state index >= 15 is 0 Å². The Hall–Kier alpha value is -1.01. The van der Waals surface area contributed by atoms with E-state index in [0.717, 1.165) is 0 Å². The SMILES string of the molecule is O=C([O-])OC(F)C(F)(F)F. The number of carbonyl (C=O) groups excluding carboxylic acids is 1. The molecule has 0 aromatic heterocycles. The Labute approximate surface area is 52.2 Å². The van der Waals surface area contributed by atoms with Gasteiger partial charge in [0.1, 0.15) is 0 Å². The largest absolute Gasteiger partial charge is 0.509 e. The summed E-state index contributed by atoms with van der Waals surface area (Å²) in [6.07, 6.45) is -11.7. The minimum absolute atomic E-state index is 2.55. The van der Waals surface area contributed by atoms with Gasteiger partial charge < -0.3 is 14.6 Å². The average Bonchev–Trinajstić information content (AvgIpc) is 1.60. The fraction of sp³-hybridized carbons (Fsp3) is 0.667. The molecular formula is C3HF4O3-. The van der Waals surface area contributed by atoms with Crippen LogP contribution in [0.5, 0.6) is 0 Å². The third-order valence-electron chi connectivity index (χ3n) is 0.457. The van der Waals surface area contributed by atoms with Crippen molar-refractivity contribution < 1.29 is 32.2 Å². The molecule has 0 aliphatic rings. The summed E-state index contributed by atoms with van der Waals surface area (Å²) in [6.45, 7) is 0. The molecule has 1 unspecified atom stereocenters. The number of carboxylic acid groups (broad SMARTS) is 1. The van der Waals surface area contributed by atoms with Gasteiger partial charge in [-0.2, -0.15) is 13.2 Å². The van der Waals surface area contributed by atoms with Gasteiger partial charge in [0.15, 0.2) is 0 Å². The highest BCUT2D eigenvalue weighted by Gasteiger charge is 2.39. The van der Waals surface area contributed by atoms with Crippen LogP contribution < -0.4 is 5.11 Å². The van der Waals surface area contributed by atoms with Crippen LogP contribution in [0.1, 0.15) is 0 Å². The molecule has 7 heteroatoms. The fourth-order valence-corrected chi connectivity index (χ4v) is 0.151. The number of hydrogen-bond donors (Lipinski definition) is 0. The summed E-state index contributed by atoms with van der Waals surface area (Å²) in [4.78, 5) is 9.18. The molecule has 0 saturated carbocycles. The van der Waals surface area contributed by atoms with Gasteiger partial charge in [-0.05, 0) is 0 Å². The summed E-state index contributed by atoms with van der Waals surface area (Å²) in [7, 11) is 0. The molecule has 0 amide bonds. The van der Waals surface area contributed by atoms with Gasteiger partial charge in [0, 0.05) is 0 Å². The molecule has 0 saturated heterocycles.